The van der Waals surface area contributed by atoms with Gasteiger partial charge in [-0.25, -0.2) is 0 Å². The van der Waals surface area contributed by atoms with E-state index in [2.05, 4.69) is 99.5 Å². The number of carbonyl (C=O) groups is 1. The lowest BCUT2D eigenvalue weighted by Crippen LogP contribution is -2.58. The first-order valence-electron chi connectivity index (χ1n) is 9.63. The zero-order valence-electron chi connectivity index (χ0n) is 16.8. The third-order valence-electron chi connectivity index (χ3n) is 6.17. The average molecular weight is 361 g/mol. The van der Waals surface area contributed by atoms with Crippen LogP contribution in [0.3, 0.4) is 0 Å². The number of carbonyl (C=O) groups excluding carboxylic acids is 1. The molecule has 0 aliphatic carbocycles. The van der Waals surface area contributed by atoms with Gasteiger partial charge in [0.2, 0.25) is 5.91 Å². The number of rotatable bonds is 2. The van der Waals surface area contributed by atoms with Crippen LogP contribution in [0.15, 0.2) is 54.6 Å². The summed E-state index contributed by atoms with van der Waals surface area (Å²) in [5.41, 5.74) is 4.28. The van der Waals surface area contributed by atoms with Crippen LogP contribution in [-0.4, -0.2) is 18.1 Å². The number of hydrogen-bond acceptors (Lipinski definition) is 2. The molecule has 3 nitrogen and oxygen atoms in total. The topological polar surface area (TPSA) is 32.3 Å². The molecule has 2 aromatic rings. The molecule has 0 saturated carbocycles. The minimum absolute atomic E-state index is 0.0744. The van der Waals surface area contributed by atoms with E-state index in [1.807, 2.05) is 6.07 Å². The van der Waals surface area contributed by atoms with Crippen LogP contribution >= 0.6 is 0 Å². The number of hydrogen-bond donors (Lipinski definition) is 1. The van der Waals surface area contributed by atoms with Gasteiger partial charge in [-0.3, -0.25) is 4.79 Å². The molecule has 2 aromatic carbocycles. The van der Waals surface area contributed by atoms with Gasteiger partial charge in [-0.1, -0.05) is 83.2 Å². The molecule has 2 heterocycles. The predicted molar refractivity (Wildman–Crippen MR) is 112 cm³/mol. The molecular weight excluding hydrogens is 332 g/mol. The van der Waals surface area contributed by atoms with Crippen LogP contribution in [0.25, 0.3) is 6.08 Å². The quantitative estimate of drug-likeness (QED) is 0.847. The van der Waals surface area contributed by atoms with Crippen molar-refractivity contribution in [3.63, 3.8) is 0 Å². The normalized spacial score (nSPS) is 23.4. The number of amides is 1. The lowest BCUT2D eigenvalue weighted by Gasteiger charge is -2.40. The Kier molecular flexibility index (Phi) is 3.78. The highest BCUT2D eigenvalue weighted by Crippen LogP contribution is 2.52. The number of benzene rings is 2. The molecule has 0 radical (unpaired) electrons. The molecule has 0 aromatic heterocycles. The van der Waals surface area contributed by atoms with E-state index >= 15 is 0 Å². The third-order valence-corrected chi connectivity index (χ3v) is 6.17. The number of anilines is 1. The van der Waals surface area contributed by atoms with Crippen LogP contribution in [0, 0.1) is 0 Å². The van der Waals surface area contributed by atoms with Crippen molar-refractivity contribution in [2.24, 2.45) is 0 Å². The molecule has 2 aliphatic heterocycles. The van der Waals surface area contributed by atoms with Crippen LogP contribution in [-0.2, 0) is 15.6 Å². The summed E-state index contributed by atoms with van der Waals surface area (Å²) >= 11 is 0. The molecule has 3 heteroatoms. The highest BCUT2D eigenvalue weighted by Gasteiger charge is 2.59. The Morgan fingerprint density at radius 1 is 1.04 bits per heavy atom. The summed E-state index contributed by atoms with van der Waals surface area (Å²) in [6.07, 6.45) is 4.31. The first-order valence-corrected chi connectivity index (χ1v) is 9.63. The van der Waals surface area contributed by atoms with E-state index in [1.54, 1.807) is 0 Å². The summed E-state index contributed by atoms with van der Waals surface area (Å²) in [7, 11) is 0. The molecule has 27 heavy (non-hydrogen) atoms. The smallest absolute Gasteiger partial charge is 0.241 e. The van der Waals surface area contributed by atoms with Crippen molar-refractivity contribution < 1.29 is 4.79 Å². The van der Waals surface area contributed by atoms with Crippen LogP contribution in [0.2, 0.25) is 0 Å². The van der Waals surface area contributed by atoms with Gasteiger partial charge in [-0.15, -0.1) is 0 Å². The summed E-state index contributed by atoms with van der Waals surface area (Å²) in [5.74, 6) is 0.0744. The van der Waals surface area contributed by atoms with E-state index in [-0.39, 0.29) is 16.7 Å². The van der Waals surface area contributed by atoms with E-state index in [4.69, 9.17) is 0 Å². The maximum atomic E-state index is 12.3. The van der Waals surface area contributed by atoms with E-state index in [1.165, 1.54) is 11.1 Å². The number of nitrogens with zero attached hydrogens (tertiary/aromatic N) is 1. The Balaban J connectivity index is 1.73. The van der Waals surface area contributed by atoms with Gasteiger partial charge in [0.05, 0.1) is 6.54 Å². The summed E-state index contributed by atoms with van der Waals surface area (Å²) in [6.45, 7) is 11.5. The standard InChI is InChI=1S/C24H28N2O/c1-22(2,3)18-12-10-17(11-13-18)14-15-24-23(4,5)19-8-6-7-9-20(19)26(24)16-21(27)25-24/h6-15H,16H2,1-5H3,(H,25,27)/b15-14+/t24-/m0/s1. The van der Waals surface area contributed by atoms with Crippen molar-refractivity contribution in [2.75, 3.05) is 11.4 Å². The molecule has 1 atom stereocenters. The van der Waals surface area contributed by atoms with Crippen molar-refractivity contribution in [2.45, 2.75) is 51.1 Å². The summed E-state index contributed by atoms with van der Waals surface area (Å²) in [4.78, 5) is 14.6. The molecule has 1 N–H and O–H groups in total. The van der Waals surface area contributed by atoms with Gasteiger partial charge in [0.1, 0.15) is 5.66 Å². The van der Waals surface area contributed by atoms with Crippen LogP contribution in [0.4, 0.5) is 5.69 Å². The molecule has 1 fully saturated rings. The van der Waals surface area contributed by atoms with Crippen LogP contribution in [0.1, 0.15) is 51.3 Å². The Morgan fingerprint density at radius 2 is 1.70 bits per heavy atom. The van der Waals surface area contributed by atoms with Crippen molar-refractivity contribution in [3.05, 3.63) is 71.3 Å². The first kappa shape index (κ1) is 17.8. The third kappa shape index (κ3) is 2.60. The molecule has 0 spiro atoms. The van der Waals surface area contributed by atoms with Crippen molar-refractivity contribution >= 4 is 17.7 Å². The number of fused-ring (bicyclic) bond motifs is 3. The second kappa shape index (κ2) is 5.72. The molecule has 0 unspecified atom stereocenters. The van der Waals surface area contributed by atoms with Gasteiger partial charge < -0.3 is 10.2 Å². The second-order valence-electron chi connectivity index (χ2n) is 9.25. The highest BCUT2D eigenvalue weighted by atomic mass is 16.2. The summed E-state index contributed by atoms with van der Waals surface area (Å²) in [5, 5.41) is 3.27. The van der Waals surface area contributed by atoms with Gasteiger partial charge in [-0.2, -0.15) is 0 Å². The largest absolute Gasteiger partial charge is 0.335 e. The Labute approximate surface area is 162 Å². The highest BCUT2D eigenvalue weighted by molar-refractivity contribution is 5.91. The fraction of sp³-hybridized carbons (Fsp3) is 0.375. The average Bonchev–Trinajstić information content (AvgIpc) is 3.04. The predicted octanol–water partition coefficient (Wildman–Crippen LogP) is 4.62. The fourth-order valence-electron chi connectivity index (χ4n) is 4.45. The van der Waals surface area contributed by atoms with Crippen molar-refractivity contribution in [3.8, 4) is 0 Å². The van der Waals surface area contributed by atoms with Crippen LogP contribution in [0.5, 0.6) is 0 Å². The van der Waals surface area contributed by atoms with E-state index in [9.17, 15) is 4.79 Å². The molecule has 2 aliphatic rings. The molecule has 1 amide bonds. The van der Waals surface area contributed by atoms with Crippen molar-refractivity contribution in [1.82, 2.24) is 5.32 Å². The second-order valence-corrected chi connectivity index (χ2v) is 9.25. The Hall–Kier alpha value is -2.55. The van der Waals surface area contributed by atoms with Gasteiger partial charge in [0.25, 0.3) is 0 Å². The number of nitrogens with one attached hydrogen (secondary N) is 1. The molecule has 140 valence electrons. The van der Waals surface area contributed by atoms with E-state index in [0.717, 1.165) is 11.3 Å². The number of para-hydroxylation sites is 1. The molecule has 4 rings (SSSR count). The Bertz CT molecular complexity index is 918. The minimum atomic E-state index is -0.531. The Morgan fingerprint density at radius 3 is 2.37 bits per heavy atom. The molecular formula is C24H28N2O. The lowest BCUT2D eigenvalue weighted by atomic mass is 9.75. The maximum Gasteiger partial charge on any atom is 0.241 e. The van der Waals surface area contributed by atoms with Gasteiger partial charge in [-0.05, 0) is 34.2 Å². The lowest BCUT2D eigenvalue weighted by molar-refractivity contribution is -0.118. The van der Waals surface area contributed by atoms with E-state index in [0.29, 0.717) is 6.54 Å². The summed E-state index contributed by atoms with van der Waals surface area (Å²) in [6, 6.07) is 17.1. The monoisotopic (exact) mass is 360 g/mol. The van der Waals surface area contributed by atoms with Crippen molar-refractivity contribution in [1.29, 1.82) is 0 Å². The van der Waals surface area contributed by atoms with E-state index < -0.39 is 5.66 Å². The summed E-state index contributed by atoms with van der Waals surface area (Å²) < 4.78 is 0. The molecule has 1 saturated heterocycles. The first-order chi connectivity index (χ1) is 12.6. The van der Waals surface area contributed by atoms with Gasteiger partial charge >= 0.3 is 0 Å². The zero-order valence-corrected chi connectivity index (χ0v) is 16.8. The SMILES string of the molecule is CC(C)(C)c1ccc(/C=C/[C@]23NC(=O)CN2c2ccccc2C3(C)C)cc1. The zero-order chi connectivity index (χ0) is 19.4. The fourth-order valence-corrected chi connectivity index (χ4v) is 4.45. The van der Waals surface area contributed by atoms with Crippen LogP contribution < -0.4 is 10.2 Å². The minimum Gasteiger partial charge on any atom is -0.335 e. The molecule has 0 bridgehead atoms. The maximum absolute atomic E-state index is 12.3. The van der Waals surface area contributed by atoms with Gasteiger partial charge in [0.15, 0.2) is 0 Å². The van der Waals surface area contributed by atoms with Gasteiger partial charge in [0, 0.05) is 11.1 Å².